The molecular formula is C34H22N2S. The fourth-order valence-electron chi connectivity index (χ4n) is 5.72. The molecule has 2 nitrogen and oxygen atoms in total. The molecule has 0 amide bonds. The lowest BCUT2D eigenvalue weighted by Gasteiger charge is -2.11. The number of hydrogen-bond donors (Lipinski definition) is 1. The Hall–Kier alpha value is -4.60. The van der Waals surface area contributed by atoms with Crippen LogP contribution in [0.5, 0.6) is 0 Å². The van der Waals surface area contributed by atoms with E-state index in [1.54, 1.807) is 0 Å². The number of hydrogen-bond acceptors (Lipinski definition) is 2. The van der Waals surface area contributed by atoms with Gasteiger partial charge in [0.05, 0.1) is 21.4 Å². The van der Waals surface area contributed by atoms with Crippen molar-refractivity contribution in [3.8, 4) is 5.69 Å². The Bertz CT molecular complexity index is 2120. The molecule has 37 heavy (non-hydrogen) atoms. The van der Waals surface area contributed by atoms with E-state index >= 15 is 0 Å². The number of para-hydroxylation sites is 1. The van der Waals surface area contributed by atoms with Gasteiger partial charge in [0.1, 0.15) is 0 Å². The second-order valence-corrected chi connectivity index (χ2v) is 10.5. The lowest BCUT2D eigenvalue weighted by atomic mass is 10.0. The summed E-state index contributed by atoms with van der Waals surface area (Å²) in [6.07, 6.45) is 0. The van der Waals surface area contributed by atoms with Crippen molar-refractivity contribution in [3.05, 3.63) is 127 Å². The number of nitrogens with zero attached hydrogens (tertiary/aromatic N) is 1. The van der Waals surface area contributed by atoms with Gasteiger partial charge in [-0.3, -0.25) is 0 Å². The smallest absolute Gasteiger partial charge is 0.0590 e. The second-order valence-electron chi connectivity index (χ2n) is 9.49. The van der Waals surface area contributed by atoms with Crippen LogP contribution in [0.4, 0.5) is 11.4 Å². The Morgan fingerprint density at radius 3 is 2.24 bits per heavy atom. The molecule has 1 N–H and O–H groups in total. The van der Waals surface area contributed by atoms with Crippen molar-refractivity contribution in [2.24, 2.45) is 0 Å². The lowest BCUT2D eigenvalue weighted by Crippen LogP contribution is -1.95. The van der Waals surface area contributed by atoms with Gasteiger partial charge in [0.25, 0.3) is 0 Å². The molecule has 8 rings (SSSR count). The second kappa shape index (κ2) is 7.95. The predicted molar refractivity (Wildman–Crippen MR) is 161 cm³/mol. The van der Waals surface area contributed by atoms with Gasteiger partial charge >= 0.3 is 0 Å². The summed E-state index contributed by atoms with van der Waals surface area (Å²) in [6, 6.07) is 45.8. The minimum absolute atomic E-state index is 1.08. The van der Waals surface area contributed by atoms with Crippen LogP contribution >= 0.6 is 11.3 Å². The molecule has 0 atom stereocenters. The van der Waals surface area contributed by atoms with Crippen LogP contribution < -0.4 is 5.32 Å². The molecule has 0 saturated carbocycles. The van der Waals surface area contributed by atoms with Gasteiger partial charge in [-0.25, -0.2) is 0 Å². The first-order valence-electron chi connectivity index (χ1n) is 12.5. The third-order valence-electron chi connectivity index (χ3n) is 7.35. The van der Waals surface area contributed by atoms with E-state index < -0.39 is 0 Å². The van der Waals surface area contributed by atoms with Crippen molar-refractivity contribution >= 4 is 75.5 Å². The molecule has 174 valence electrons. The highest BCUT2D eigenvalue weighted by molar-refractivity contribution is 7.26. The zero-order chi connectivity index (χ0) is 24.3. The van der Waals surface area contributed by atoms with E-state index in [4.69, 9.17) is 0 Å². The summed E-state index contributed by atoms with van der Waals surface area (Å²) in [5.41, 5.74) is 5.82. The van der Waals surface area contributed by atoms with E-state index in [-0.39, 0.29) is 0 Å². The minimum Gasteiger partial charge on any atom is -0.354 e. The molecule has 2 aromatic heterocycles. The maximum absolute atomic E-state index is 3.76. The fourth-order valence-corrected chi connectivity index (χ4v) is 6.89. The first kappa shape index (κ1) is 20.6. The standard InChI is InChI=1S/C34H22N2S/c1-2-10-24(11-3-1)36-30-20-17-22-9-4-5-12-25(22)33(30)28-19-18-23(21-31(28)36)35-29-15-8-14-27-26-13-6-7-16-32(26)37-34(27)29/h1-21,35H. The van der Waals surface area contributed by atoms with Crippen LogP contribution in [0.15, 0.2) is 127 Å². The summed E-state index contributed by atoms with van der Waals surface area (Å²) in [4.78, 5) is 0. The van der Waals surface area contributed by atoms with E-state index in [1.807, 2.05) is 11.3 Å². The van der Waals surface area contributed by atoms with Crippen molar-refractivity contribution in [3.63, 3.8) is 0 Å². The van der Waals surface area contributed by atoms with Gasteiger partial charge in [-0.15, -0.1) is 11.3 Å². The molecule has 0 spiro atoms. The minimum atomic E-state index is 1.08. The molecule has 0 aliphatic heterocycles. The van der Waals surface area contributed by atoms with Gasteiger partial charge in [0.15, 0.2) is 0 Å². The molecule has 0 aliphatic rings. The van der Waals surface area contributed by atoms with E-state index in [1.165, 1.54) is 58.4 Å². The van der Waals surface area contributed by atoms with Gasteiger partial charge in [-0.2, -0.15) is 0 Å². The Kier molecular flexibility index (Phi) is 4.42. The summed E-state index contributed by atoms with van der Waals surface area (Å²) in [5, 5.41) is 11.5. The molecule has 0 aliphatic carbocycles. The van der Waals surface area contributed by atoms with Gasteiger partial charge in [-0.1, -0.05) is 84.9 Å². The zero-order valence-corrected chi connectivity index (χ0v) is 20.8. The first-order valence-corrected chi connectivity index (χ1v) is 13.4. The van der Waals surface area contributed by atoms with Crippen LogP contribution in [0.2, 0.25) is 0 Å². The highest BCUT2D eigenvalue weighted by Crippen LogP contribution is 2.41. The van der Waals surface area contributed by atoms with Crippen LogP contribution in [0, 0.1) is 0 Å². The molecule has 6 aromatic carbocycles. The van der Waals surface area contributed by atoms with Crippen LogP contribution in [0.1, 0.15) is 0 Å². The molecule has 8 aromatic rings. The average molecular weight is 491 g/mol. The van der Waals surface area contributed by atoms with Crippen LogP contribution in [-0.2, 0) is 0 Å². The Morgan fingerprint density at radius 2 is 1.32 bits per heavy atom. The summed E-state index contributed by atoms with van der Waals surface area (Å²) in [6.45, 7) is 0. The summed E-state index contributed by atoms with van der Waals surface area (Å²) in [7, 11) is 0. The quantitative estimate of drug-likeness (QED) is 0.261. The molecular weight excluding hydrogens is 468 g/mol. The van der Waals surface area contributed by atoms with E-state index in [0.717, 1.165) is 11.4 Å². The highest BCUT2D eigenvalue weighted by Gasteiger charge is 2.16. The topological polar surface area (TPSA) is 17.0 Å². The molecule has 0 bridgehead atoms. The summed E-state index contributed by atoms with van der Waals surface area (Å²) >= 11 is 1.85. The van der Waals surface area contributed by atoms with Gasteiger partial charge < -0.3 is 9.88 Å². The highest BCUT2D eigenvalue weighted by atomic mass is 32.1. The molecule has 0 unspecified atom stereocenters. The number of nitrogens with one attached hydrogen (secondary N) is 1. The maximum Gasteiger partial charge on any atom is 0.0590 e. The van der Waals surface area contributed by atoms with E-state index in [2.05, 4.69) is 137 Å². The number of benzene rings is 6. The molecule has 0 radical (unpaired) electrons. The SMILES string of the molecule is c1ccc(-n2c3cc(Nc4cccc5c4sc4ccccc45)ccc3c3c4ccccc4ccc32)cc1. The van der Waals surface area contributed by atoms with Crippen LogP contribution in [-0.4, -0.2) is 4.57 Å². The normalized spacial score (nSPS) is 11.8. The third-order valence-corrected chi connectivity index (χ3v) is 8.57. The predicted octanol–water partition coefficient (Wildman–Crippen LogP) is 10.0. The molecule has 2 heterocycles. The number of fused-ring (bicyclic) bond motifs is 8. The number of thiophene rings is 1. The van der Waals surface area contributed by atoms with Gasteiger partial charge in [0, 0.05) is 37.6 Å². The van der Waals surface area contributed by atoms with E-state index in [9.17, 15) is 0 Å². The summed E-state index contributed by atoms with van der Waals surface area (Å²) < 4.78 is 5.00. The van der Waals surface area contributed by atoms with Crippen molar-refractivity contribution in [1.29, 1.82) is 0 Å². The largest absolute Gasteiger partial charge is 0.354 e. The molecule has 0 fully saturated rings. The van der Waals surface area contributed by atoms with Gasteiger partial charge in [0.2, 0.25) is 0 Å². The molecule has 0 saturated heterocycles. The van der Waals surface area contributed by atoms with E-state index in [0.29, 0.717) is 0 Å². The number of rotatable bonds is 3. The van der Waals surface area contributed by atoms with Crippen LogP contribution in [0.3, 0.4) is 0 Å². The van der Waals surface area contributed by atoms with Crippen molar-refractivity contribution in [2.45, 2.75) is 0 Å². The Balaban J connectivity index is 1.37. The Labute approximate surface area is 218 Å². The van der Waals surface area contributed by atoms with Crippen molar-refractivity contribution < 1.29 is 0 Å². The Morgan fingerprint density at radius 1 is 0.541 bits per heavy atom. The third kappa shape index (κ3) is 3.11. The zero-order valence-electron chi connectivity index (χ0n) is 20.0. The first-order chi connectivity index (χ1) is 18.3. The fraction of sp³-hybridized carbons (Fsp3) is 0. The lowest BCUT2D eigenvalue weighted by molar-refractivity contribution is 1.18. The number of aromatic nitrogens is 1. The van der Waals surface area contributed by atoms with Crippen molar-refractivity contribution in [2.75, 3.05) is 5.32 Å². The van der Waals surface area contributed by atoms with Crippen LogP contribution in [0.25, 0.3) is 58.4 Å². The monoisotopic (exact) mass is 490 g/mol. The summed E-state index contributed by atoms with van der Waals surface area (Å²) in [5.74, 6) is 0. The maximum atomic E-state index is 3.76. The van der Waals surface area contributed by atoms with Crippen molar-refractivity contribution in [1.82, 2.24) is 4.57 Å². The van der Waals surface area contributed by atoms with Gasteiger partial charge in [-0.05, 0) is 53.2 Å². The number of anilines is 2. The average Bonchev–Trinajstić information content (AvgIpc) is 3.50. The molecule has 3 heteroatoms.